The first-order chi connectivity index (χ1) is 26.5. The van der Waals surface area contributed by atoms with Crippen LogP contribution in [0.15, 0.2) is 0 Å². The minimum atomic E-state index is -2.33. The minimum Gasteiger partial charge on any atom is -0.395 e. The molecule has 0 heterocycles. The van der Waals surface area contributed by atoms with Gasteiger partial charge in [-0.3, -0.25) is 4.90 Å². The highest BCUT2D eigenvalue weighted by Crippen LogP contribution is 2.25. The molecule has 0 bridgehead atoms. The minimum absolute atomic E-state index is 0.147. The third-order valence-electron chi connectivity index (χ3n) is 11.7. The third kappa shape index (κ3) is 39.2. The predicted molar refractivity (Wildman–Crippen MR) is 242 cm³/mol. The van der Waals surface area contributed by atoms with Crippen molar-refractivity contribution < 1.29 is 23.8 Å². The van der Waals surface area contributed by atoms with Crippen molar-refractivity contribution in [3.63, 3.8) is 0 Å². The summed E-state index contributed by atoms with van der Waals surface area (Å²) < 4.78 is 19.7. The Bertz CT molecular complexity index is 765. The number of aliphatic hydroxyl groups is 2. The number of aliphatic hydroxyl groups excluding tert-OH is 2. The lowest BCUT2D eigenvalue weighted by Crippen LogP contribution is -2.41. The summed E-state index contributed by atoms with van der Waals surface area (Å²) in [6.07, 6.45) is 36.6. The second kappa shape index (κ2) is 39.4. The highest BCUT2D eigenvalue weighted by molar-refractivity contribution is 6.64. The molecule has 4 unspecified atom stereocenters. The molecule has 0 spiro atoms. The first-order valence-electron chi connectivity index (χ1n) is 24.4. The van der Waals surface area contributed by atoms with Gasteiger partial charge < -0.3 is 23.8 Å². The molecule has 0 aromatic carbocycles. The summed E-state index contributed by atoms with van der Waals surface area (Å²) in [6, 6.07) is 0. The maximum Gasteiger partial charge on any atom is 0.333 e. The Kier molecular flexibility index (Phi) is 39.4. The van der Waals surface area contributed by atoms with Gasteiger partial charge in [-0.2, -0.15) is 0 Å². The molecule has 2 N–H and O–H groups in total. The van der Waals surface area contributed by atoms with E-state index < -0.39 is 8.56 Å². The van der Waals surface area contributed by atoms with Crippen LogP contribution in [0, 0.1) is 23.7 Å². The molecule has 0 fully saturated rings. The Hall–Kier alpha value is -0.0231. The zero-order valence-electron chi connectivity index (χ0n) is 38.7. The van der Waals surface area contributed by atoms with Crippen LogP contribution in [0.4, 0.5) is 0 Å². The third-order valence-corrected chi connectivity index (χ3v) is 13.5. The molecule has 0 aliphatic rings. The summed E-state index contributed by atoms with van der Waals surface area (Å²) in [5, 5.41) is 18.5. The van der Waals surface area contributed by atoms with E-state index in [0.29, 0.717) is 19.0 Å². The Labute approximate surface area is 346 Å². The van der Waals surface area contributed by atoms with Gasteiger partial charge in [-0.1, -0.05) is 196 Å². The lowest BCUT2D eigenvalue weighted by Gasteiger charge is -2.30. The summed E-state index contributed by atoms with van der Waals surface area (Å²) in [6.45, 7) is 22.7. The number of hydrogen-bond donors (Lipinski definition) is 2. The van der Waals surface area contributed by atoms with Gasteiger partial charge in [-0.05, 0) is 62.6 Å². The molecular weight excluding hydrogens is 699 g/mol. The Morgan fingerprint density at radius 3 is 1.36 bits per heavy atom. The molecule has 0 aromatic rings. The van der Waals surface area contributed by atoms with E-state index in [2.05, 4.69) is 59.5 Å². The maximum atomic E-state index is 9.24. The van der Waals surface area contributed by atoms with E-state index in [0.717, 1.165) is 76.0 Å². The fourth-order valence-corrected chi connectivity index (χ4v) is 9.48. The monoisotopic (exact) mass is 800 g/mol. The van der Waals surface area contributed by atoms with Crippen molar-refractivity contribution in [2.45, 2.75) is 241 Å². The highest BCUT2D eigenvalue weighted by atomic mass is 28.4. The number of hydrogen-bond acceptors (Lipinski definition) is 6. The molecule has 7 heteroatoms. The van der Waals surface area contributed by atoms with E-state index in [-0.39, 0.29) is 19.5 Å². The van der Waals surface area contributed by atoms with Gasteiger partial charge in [-0.15, -0.1) is 0 Å². The average Bonchev–Trinajstić information content (AvgIpc) is 3.12. The largest absolute Gasteiger partial charge is 0.395 e. The maximum absolute atomic E-state index is 9.24. The van der Waals surface area contributed by atoms with Crippen molar-refractivity contribution in [1.29, 1.82) is 0 Å². The van der Waals surface area contributed by atoms with Crippen molar-refractivity contribution in [2.24, 2.45) is 23.7 Å². The summed E-state index contributed by atoms with van der Waals surface area (Å²) >= 11 is 0. The number of unbranched alkanes of at least 4 members (excludes halogenated alkanes) is 16. The predicted octanol–water partition coefficient (Wildman–Crippen LogP) is 13.9. The summed E-state index contributed by atoms with van der Waals surface area (Å²) in [5.41, 5.74) is 0. The number of ether oxygens (including phenoxy) is 1. The van der Waals surface area contributed by atoms with E-state index in [1.54, 1.807) is 0 Å². The van der Waals surface area contributed by atoms with E-state index in [4.69, 9.17) is 13.6 Å². The second-order valence-corrected chi connectivity index (χ2v) is 22.0. The molecule has 0 saturated heterocycles. The molecule has 332 valence electrons. The van der Waals surface area contributed by atoms with Crippen LogP contribution in [0.2, 0.25) is 13.1 Å². The van der Waals surface area contributed by atoms with Gasteiger partial charge in [0.1, 0.15) is 6.29 Å². The summed E-state index contributed by atoms with van der Waals surface area (Å²) in [4.78, 5) is 2.14. The van der Waals surface area contributed by atoms with Crippen LogP contribution in [0.1, 0.15) is 221 Å². The normalized spacial score (nSPS) is 14.6. The van der Waals surface area contributed by atoms with E-state index in [9.17, 15) is 10.2 Å². The van der Waals surface area contributed by atoms with Crippen LogP contribution < -0.4 is 0 Å². The molecule has 0 saturated carbocycles. The van der Waals surface area contributed by atoms with Crippen LogP contribution >= 0.6 is 0 Å². The summed E-state index contributed by atoms with van der Waals surface area (Å²) in [5.74, 6) is 3.11. The van der Waals surface area contributed by atoms with Crippen LogP contribution in [0.3, 0.4) is 0 Å². The molecule has 55 heavy (non-hydrogen) atoms. The lowest BCUT2D eigenvalue weighted by atomic mass is 9.91. The van der Waals surface area contributed by atoms with Gasteiger partial charge in [0.2, 0.25) is 0 Å². The SMILES string of the molecule is CCCCCCCCCCCCCCCCOC(CC(C)CCCC(C)CCCC(C)CCCC(C)C)O[Si](C)(C)OCCCCCCN(CCO)CCO. The van der Waals surface area contributed by atoms with E-state index in [1.807, 2.05) is 0 Å². The second-order valence-electron chi connectivity index (χ2n) is 18.7. The summed E-state index contributed by atoms with van der Waals surface area (Å²) in [7, 11) is -2.33. The molecule has 0 aromatic heterocycles. The zero-order chi connectivity index (χ0) is 40.8. The van der Waals surface area contributed by atoms with Crippen molar-refractivity contribution in [1.82, 2.24) is 4.90 Å². The number of rotatable bonds is 44. The van der Waals surface area contributed by atoms with Gasteiger partial charge in [0.05, 0.1) is 13.2 Å². The van der Waals surface area contributed by atoms with Crippen LogP contribution in [0.5, 0.6) is 0 Å². The van der Waals surface area contributed by atoms with Gasteiger partial charge in [-0.25, -0.2) is 0 Å². The molecular formula is C48H101NO5Si. The molecule has 6 nitrogen and oxygen atoms in total. The highest BCUT2D eigenvalue weighted by Gasteiger charge is 2.30. The molecule has 4 atom stereocenters. The van der Waals surface area contributed by atoms with Gasteiger partial charge in [0.15, 0.2) is 0 Å². The fraction of sp³-hybridized carbons (Fsp3) is 1.00. The molecule has 0 amide bonds. The van der Waals surface area contributed by atoms with Gasteiger partial charge in [0, 0.05) is 32.7 Å². The Balaban J connectivity index is 4.58. The molecule has 0 aliphatic heterocycles. The molecule has 0 aliphatic carbocycles. The Morgan fingerprint density at radius 1 is 0.473 bits per heavy atom. The van der Waals surface area contributed by atoms with Crippen molar-refractivity contribution >= 4 is 8.56 Å². The Morgan fingerprint density at radius 2 is 0.891 bits per heavy atom. The van der Waals surface area contributed by atoms with Crippen LogP contribution in [-0.4, -0.2) is 76.0 Å². The van der Waals surface area contributed by atoms with Crippen LogP contribution in [-0.2, 0) is 13.6 Å². The number of nitrogens with zero attached hydrogens (tertiary/aromatic N) is 1. The van der Waals surface area contributed by atoms with Crippen molar-refractivity contribution in [3.05, 3.63) is 0 Å². The first kappa shape index (κ1) is 55.0. The topological polar surface area (TPSA) is 71.4 Å². The van der Waals surface area contributed by atoms with E-state index in [1.165, 1.54) is 141 Å². The van der Waals surface area contributed by atoms with Crippen LogP contribution in [0.25, 0.3) is 0 Å². The quantitative estimate of drug-likeness (QED) is 0.0363. The fourth-order valence-electron chi connectivity index (χ4n) is 7.98. The average molecular weight is 800 g/mol. The van der Waals surface area contributed by atoms with Crippen molar-refractivity contribution in [3.8, 4) is 0 Å². The lowest BCUT2D eigenvalue weighted by molar-refractivity contribution is -0.110. The van der Waals surface area contributed by atoms with E-state index >= 15 is 0 Å². The van der Waals surface area contributed by atoms with Crippen molar-refractivity contribution in [2.75, 3.05) is 46.1 Å². The standard InChI is InChI=1S/C48H101NO5Si/c1-9-10-11-12-13-14-15-16-17-18-19-20-22-25-41-52-48(54-55(7,8)53-42-26-23-21-24-36-49(37-39-50)38-40-51)43-47(6)35-29-34-46(5)33-28-32-45(4)31-27-30-44(2)3/h44-48,50-51H,9-43H2,1-8H3. The zero-order valence-corrected chi connectivity index (χ0v) is 39.7. The van der Waals surface area contributed by atoms with Gasteiger partial charge in [0.25, 0.3) is 0 Å². The molecule has 0 rings (SSSR count). The smallest absolute Gasteiger partial charge is 0.333 e. The molecule has 0 radical (unpaired) electrons. The van der Waals surface area contributed by atoms with Gasteiger partial charge >= 0.3 is 8.56 Å². The first-order valence-corrected chi connectivity index (χ1v) is 27.2.